The third-order valence-corrected chi connectivity index (χ3v) is 4.98. The molecule has 1 rings (SSSR count). The Morgan fingerprint density at radius 3 is 1.94 bits per heavy atom. The molecule has 1 aliphatic carbocycles. The summed E-state index contributed by atoms with van der Waals surface area (Å²) in [5, 5.41) is 3.37. The van der Waals surface area contributed by atoms with E-state index in [1.807, 2.05) is 6.92 Å². The van der Waals surface area contributed by atoms with Crippen LogP contribution in [0.5, 0.6) is 0 Å². The van der Waals surface area contributed by atoms with Crippen molar-refractivity contribution in [1.29, 1.82) is 0 Å². The van der Waals surface area contributed by atoms with Gasteiger partial charge in [-0.15, -0.1) is 0 Å². The molecular formula is C14H26F3N. The maximum atomic E-state index is 12.2. The molecule has 0 aromatic carbocycles. The molecule has 0 spiro atoms. The molecule has 0 bridgehead atoms. The van der Waals surface area contributed by atoms with Gasteiger partial charge in [-0.3, -0.25) is 0 Å². The highest BCUT2D eigenvalue weighted by molar-refractivity contribution is 5.16. The molecule has 1 N–H and O–H groups in total. The average Bonchev–Trinajstić information content (AvgIpc) is 2.54. The van der Waals surface area contributed by atoms with Crippen LogP contribution in [0.2, 0.25) is 0 Å². The zero-order chi connectivity index (χ0) is 14.2. The molecule has 4 heteroatoms. The standard InChI is InChI=1S/C14H26F3N/c1-6-18-10(8-7-9-14(15,16)17)11-12(2,3)13(11,4)5/h10-11,18H,6-9H2,1-5H3. The summed E-state index contributed by atoms with van der Waals surface area (Å²) in [7, 11) is 0. The van der Waals surface area contributed by atoms with Crippen LogP contribution in [-0.4, -0.2) is 18.8 Å². The van der Waals surface area contributed by atoms with Crippen molar-refractivity contribution in [3.05, 3.63) is 0 Å². The third-order valence-electron chi connectivity index (χ3n) is 4.98. The van der Waals surface area contributed by atoms with E-state index in [4.69, 9.17) is 0 Å². The number of hydrogen-bond acceptors (Lipinski definition) is 1. The number of halogens is 3. The van der Waals surface area contributed by atoms with Gasteiger partial charge in [0.15, 0.2) is 0 Å². The molecule has 1 saturated carbocycles. The van der Waals surface area contributed by atoms with E-state index in [-0.39, 0.29) is 23.3 Å². The summed E-state index contributed by atoms with van der Waals surface area (Å²) < 4.78 is 36.6. The van der Waals surface area contributed by atoms with Gasteiger partial charge in [-0.25, -0.2) is 0 Å². The third kappa shape index (κ3) is 3.19. The fourth-order valence-corrected chi connectivity index (χ4v) is 3.42. The molecule has 1 unspecified atom stereocenters. The van der Waals surface area contributed by atoms with Gasteiger partial charge < -0.3 is 5.32 Å². The van der Waals surface area contributed by atoms with Gasteiger partial charge in [-0.2, -0.15) is 13.2 Å². The zero-order valence-corrected chi connectivity index (χ0v) is 12.1. The molecule has 0 saturated heterocycles. The highest BCUT2D eigenvalue weighted by Gasteiger charge is 2.66. The minimum Gasteiger partial charge on any atom is -0.314 e. The summed E-state index contributed by atoms with van der Waals surface area (Å²) in [6, 6.07) is 0.211. The highest BCUT2D eigenvalue weighted by atomic mass is 19.4. The molecule has 0 aromatic rings. The molecule has 1 aliphatic rings. The second kappa shape index (κ2) is 5.03. The first-order valence-corrected chi connectivity index (χ1v) is 6.84. The van der Waals surface area contributed by atoms with Crippen LogP contribution in [0.25, 0.3) is 0 Å². The fourth-order valence-electron chi connectivity index (χ4n) is 3.42. The second-order valence-corrected chi connectivity index (χ2v) is 6.59. The molecule has 1 atom stereocenters. The van der Waals surface area contributed by atoms with Crippen LogP contribution in [-0.2, 0) is 0 Å². The van der Waals surface area contributed by atoms with Gasteiger partial charge in [0.1, 0.15) is 0 Å². The Balaban J connectivity index is 2.53. The first-order valence-electron chi connectivity index (χ1n) is 6.84. The number of nitrogens with one attached hydrogen (secondary N) is 1. The normalized spacial score (nSPS) is 24.0. The first-order chi connectivity index (χ1) is 8.04. The van der Waals surface area contributed by atoms with Gasteiger partial charge in [0.25, 0.3) is 0 Å². The lowest BCUT2D eigenvalue weighted by Crippen LogP contribution is -2.33. The summed E-state index contributed by atoms with van der Waals surface area (Å²) in [5.74, 6) is 0.471. The van der Waals surface area contributed by atoms with Gasteiger partial charge in [0, 0.05) is 12.5 Å². The minimum absolute atomic E-state index is 0.211. The highest BCUT2D eigenvalue weighted by Crippen LogP contribution is 2.70. The van der Waals surface area contributed by atoms with E-state index in [0.29, 0.717) is 12.3 Å². The van der Waals surface area contributed by atoms with Crippen LogP contribution in [0.1, 0.15) is 53.9 Å². The Bertz CT molecular complexity index is 267. The van der Waals surface area contributed by atoms with Crippen molar-refractivity contribution < 1.29 is 13.2 Å². The molecule has 0 radical (unpaired) electrons. The Morgan fingerprint density at radius 1 is 1.11 bits per heavy atom. The Kier molecular flexibility index (Phi) is 4.41. The maximum Gasteiger partial charge on any atom is 0.389 e. The van der Waals surface area contributed by atoms with Crippen LogP contribution >= 0.6 is 0 Å². The minimum atomic E-state index is -4.02. The van der Waals surface area contributed by atoms with Crippen molar-refractivity contribution in [2.45, 2.75) is 66.1 Å². The van der Waals surface area contributed by atoms with E-state index < -0.39 is 12.6 Å². The molecule has 1 fully saturated rings. The molecule has 0 amide bonds. The van der Waals surface area contributed by atoms with Crippen molar-refractivity contribution in [2.75, 3.05) is 6.54 Å². The van der Waals surface area contributed by atoms with E-state index in [2.05, 4.69) is 33.0 Å². The zero-order valence-electron chi connectivity index (χ0n) is 12.1. The van der Waals surface area contributed by atoms with Crippen LogP contribution < -0.4 is 5.32 Å². The first kappa shape index (κ1) is 15.8. The van der Waals surface area contributed by atoms with E-state index in [9.17, 15) is 13.2 Å². The molecule has 18 heavy (non-hydrogen) atoms. The van der Waals surface area contributed by atoms with Crippen molar-refractivity contribution in [1.82, 2.24) is 5.32 Å². The molecule has 1 nitrogen and oxygen atoms in total. The van der Waals surface area contributed by atoms with Crippen molar-refractivity contribution >= 4 is 0 Å². The van der Waals surface area contributed by atoms with Gasteiger partial charge in [0.2, 0.25) is 0 Å². The van der Waals surface area contributed by atoms with Gasteiger partial charge >= 0.3 is 6.18 Å². The van der Waals surface area contributed by atoms with Crippen molar-refractivity contribution in [2.24, 2.45) is 16.7 Å². The molecule has 0 aliphatic heterocycles. The van der Waals surface area contributed by atoms with Crippen LogP contribution in [0.15, 0.2) is 0 Å². The largest absolute Gasteiger partial charge is 0.389 e. The summed E-state index contributed by atoms with van der Waals surface area (Å²) in [5.41, 5.74) is 0.441. The van der Waals surface area contributed by atoms with E-state index >= 15 is 0 Å². The molecule has 0 heterocycles. The van der Waals surface area contributed by atoms with E-state index in [0.717, 1.165) is 6.54 Å². The number of rotatable bonds is 6. The lowest BCUT2D eigenvalue weighted by Gasteiger charge is -2.20. The average molecular weight is 265 g/mol. The van der Waals surface area contributed by atoms with Gasteiger partial charge in [-0.05, 0) is 36.1 Å². The lowest BCUT2D eigenvalue weighted by atomic mass is 9.98. The predicted molar refractivity (Wildman–Crippen MR) is 68.4 cm³/mol. The Morgan fingerprint density at radius 2 is 1.61 bits per heavy atom. The summed E-state index contributed by atoms with van der Waals surface area (Å²) in [4.78, 5) is 0. The maximum absolute atomic E-state index is 12.2. The van der Waals surface area contributed by atoms with Crippen molar-refractivity contribution in [3.8, 4) is 0 Å². The van der Waals surface area contributed by atoms with E-state index in [1.54, 1.807) is 0 Å². The second-order valence-electron chi connectivity index (χ2n) is 6.59. The van der Waals surface area contributed by atoms with Crippen LogP contribution in [0.4, 0.5) is 13.2 Å². The molecule has 0 aromatic heterocycles. The topological polar surface area (TPSA) is 12.0 Å². The Hall–Kier alpha value is -0.250. The van der Waals surface area contributed by atoms with E-state index in [1.165, 1.54) is 0 Å². The van der Waals surface area contributed by atoms with Crippen molar-refractivity contribution in [3.63, 3.8) is 0 Å². The predicted octanol–water partition coefficient (Wildman–Crippen LogP) is 4.38. The molecule has 108 valence electrons. The molecular weight excluding hydrogens is 239 g/mol. The Labute approximate surface area is 109 Å². The SMILES string of the molecule is CCNC(CCCC(F)(F)F)C1C(C)(C)C1(C)C. The van der Waals surface area contributed by atoms with Crippen LogP contribution in [0.3, 0.4) is 0 Å². The lowest BCUT2D eigenvalue weighted by molar-refractivity contribution is -0.135. The summed E-state index contributed by atoms with van der Waals surface area (Å²) in [6.07, 6.45) is -3.84. The smallest absolute Gasteiger partial charge is 0.314 e. The number of alkyl halides is 3. The summed E-state index contributed by atoms with van der Waals surface area (Å²) >= 11 is 0. The quantitative estimate of drug-likeness (QED) is 0.751. The fraction of sp³-hybridized carbons (Fsp3) is 1.00. The van der Waals surface area contributed by atoms with Gasteiger partial charge in [0.05, 0.1) is 0 Å². The van der Waals surface area contributed by atoms with Crippen LogP contribution in [0, 0.1) is 16.7 Å². The van der Waals surface area contributed by atoms with Gasteiger partial charge in [-0.1, -0.05) is 34.6 Å². The number of hydrogen-bond donors (Lipinski definition) is 1. The monoisotopic (exact) mass is 265 g/mol. The summed E-state index contributed by atoms with van der Waals surface area (Å²) in [6.45, 7) is 11.7.